The number of para-hydroxylation sites is 1. The lowest BCUT2D eigenvalue weighted by molar-refractivity contribution is 0.194. The number of ether oxygens (including phenoxy) is 1. The van der Waals surface area contributed by atoms with E-state index in [9.17, 15) is 9.50 Å². The highest BCUT2D eigenvalue weighted by atomic mass is 19.1. The molecule has 0 fully saturated rings. The first kappa shape index (κ1) is 15.5. The zero-order valence-corrected chi connectivity index (χ0v) is 12.9. The number of aliphatic hydroxyl groups excluding tert-OH is 1. The molecule has 3 heteroatoms. The first-order chi connectivity index (χ1) is 9.79. The molecular formula is C18H21FO2. The Bertz CT molecular complexity index is 610. The molecule has 0 heterocycles. The van der Waals surface area contributed by atoms with E-state index < -0.39 is 11.9 Å². The summed E-state index contributed by atoms with van der Waals surface area (Å²) >= 11 is 0. The molecule has 0 radical (unpaired) electrons. The van der Waals surface area contributed by atoms with Crippen molar-refractivity contribution in [1.29, 1.82) is 0 Å². The lowest BCUT2D eigenvalue weighted by Gasteiger charge is -2.19. The summed E-state index contributed by atoms with van der Waals surface area (Å²) in [5.41, 5.74) is 1.68. The van der Waals surface area contributed by atoms with Gasteiger partial charge in [0.15, 0.2) is 11.6 Å². The van der Waals surface area contributed by atoms with Gasteiger partial charge < -0.3 is 9.84 Å². The van der Waals surface area contributed by atoms with Gasteiger partial charge in [-0.1, -0.05) is 45.0 Å². The van der Waals surface area contributed by atoms with Gasteiger partial charge in [-0.15, -0.1) is 0 Å². The van der Waals surface area contributed by atoms with E-state index in [2.05, 4.69) is 20.8 Å². The van der Waals surface area contributed by atoms with Gasteiger partial charge >= 0.3 is 0 Å². The molecule has 0 amide bonds. The lowest BCUT2D eigenvalue weighted by atomic mass is 9.87. The standard InChI is InChI=1S/C18H21FO2/c1-12(20)15-6-5-7-16(19)17(15)21-14-10-8-13(9-11-14)18(2,3)4/h5-12,20H,1-4H3. The van der Waals surface area contributed by atoms with Crippen LogP contribution in [0, 0.1) is 5.82 Å². The molecule has 1 unspecified atom stereocenters. The van der Waals surface area contributed by atoms with E-state index >= 15 is 0 Å². The van der Waals surface area contributed by atoms with Crippen LogP contribution in [0.4, 0.5) is 4.39 Å². The third kappa shape index (κ3) is 3.61. The molecule has 0 aromatic heterocycles. The topological polar surface area (TPSA) is 29.5 Å². The van der Waals surface area contributed by atoms with Crippen molar-refractivity contribution < 1.29 is 14.2 Å². The molecule has 0 spiro atoms. The van der Waals surface area contributed by atoms with Gasteiger partial charge in [-0.3, -0.25) is 0 Å². The van der Waals surface area contributed by atoms with E-state index in [1.807, 2.05) is 24.3 Å². The van der Waals surface area contributed by atoms with Crippen LogP contribution in [0.1, 0.15) is 44.9 Å². The molecule has 0 aliphatic carbocycles. The molecule has 112 valence electrons. The van der Waals surface area contributed by atoms with Gasteiger partial charge in [0.1, 0.15) is 5.75 Å². The molecular weight excluding hydrogens is 267 g/mol. The Balaban J connectivity index is 2.31. The van der Waals surface area contributed by atoms with Crippen molar-refractivity contribution in [3.05, 3.63) is 59.4 Å². The molecule has 21 heavy (non-hydrogen) atoms. The van der Waals surface area contributed by atoms with Crippen LogP contribution in [0.2, 0.25) is 0 Å². The lowest BCUT2D eigenvalue weighted by Crippen LogP contribution is -2.10. The van der Waals surface area contributed by atoms with E-state index in [-0.39, 0.29) is 11.2 Å². The molecule has 2 aromatic carbocycles. The Hall–Kier alpha value is -1.87. The molecule has 0 aliphatic heterocycles. The van der Waals surface area contributed by atoms with Crippen molar-refractivity contribution >= 4 is 0 Å². The first-order valence-corrected chi connectivity index (χ1v) is 7.04. The minimum atomic E-state index is -0.787. The number of benzene rings is 2. The predicted octanol–water partition coefficient (Wildman–Crippen LogP) is 4.97. The average molecular weight is 288 g/mol. The number of halogens is 1. The van der Waals surface area contributed by atoms with Crippen LogP contribution in [-0.4, -0.2) is 5.11 Å². The van der Waals surface area contributed by atoms with E-state index in [4.69, 9.17) is 4.74 Å². The summed E-state index contributed by atoms with van der Waals surface area (Å²) in [7, 11) is 0. The molecule has 0 saturated heterocycles. The zero-order chi connectivity index (χ0) is 15.6. The molecule has 2 rings (SSSR count). The molecule has 1 atom stereocenters. The molecule has 0 bridgehead atoms. The molecule has 2 aromatic rings. The number of hydrogen-bond donors (Lipinski definition) is 1. The van der Waals surface area contributed by atoms with Crippen LogP contribution >= 0.6 is 0 Å². The highest BCUT2D eigenvalue weighted by Crippen LogP contribution is 2.33. The van der Waals surface area contributed by atoms with E-state index in [0.29, 0.717) is 11.3 Å². The van der Waals surface area contributed by atoms with Crippen molar-refractivity contribution in [2.45, 2.75) is 39.2 Å². The summed E-state index contributed by atoms with van der Waals surface area (Å²) in [4.78, 5) is 0. The summed E-state index contributed by atoms with van der Waals surface area (Å²) in [5, 5.41) is 9.71. The van der Waals surface area contributed by atoms with Gasteiger partial charge in [-0.05, 0) is 36.1 Å². The van der Waals surface area contributed by atoms with E-state index in [0.717, 1.165) is 0 Å². The SMILES string of the molecule is CC(O)c1cccc(F)c1Oc1ccc(C(C)(C)C)cc1. The summed E-state index contributed by atoms with van der Waals surface area (Å²) < 4.78 is 19.6. The second-order valence-corrected chi connectivity index (χ2v) is 6.21. The second-order valence-electron chi connectivity index (χ2n) is 6.21. The van der Waals surface area contributed by atoms with Crippen molar-refractivity contribution in [1.82, 2.24) is 0 Å². The summed E-state index contributed by atoms with van der Waals surface area (Å²) in [5.74, 6) is 0.152. The zero-order valence-electron chi connectivity index (χ0n) is 12.9. The highest BCUT2D eigenvalue weighted by molar-refractivity contribution is 5.41. The van der Waals surface area contributed by atoms with Crippen molar-refractivity contribution in [3.8, 4) is 11.5 Å². The molecule has 2 nitrogen and oxygen atoms in total. The Morgan fingerprint density at radius 3 is 2.19 bits per heavy atom. The van der Waals surface area contributed by atoms with Crippen molar-refractivity contribution in [2.75, 3.05) is 0 Å². The smallest absolute Gasteiger partial charge is 0.168 e. The molecule has 0 saturated carbocycles. The third-order valence-electron chi connectivity index (χ3n) is 3.39. The van der Waals surface area contributed by atoms with Gasteiger partial charge in [-0.2, -0.15) is 0 Å². The number of hydrogen-bond acceptors (Lipinski definition) is 2. The Kier molecular flexibility index (Phi) is 4.33. The maximum absolute atomic E-state index is 13.9. The monoisotopic (exact) mass is 288 g/mol. The van der Waals surface area contributed by atoms with Crippen LogP contribution in [0.5, 0.6) is 11.5 Å². The van der Waals surface area contributed by atoms with Crippen LogP contribution < -0.4 is 4.74 Å². The number of aliphatic hydroxyl groups is 1. The quantitative estimate of drug-likeness (QED) is 0.864. The van der Waals surface area contributed by atoms with Gasteiger partial charge in [0.25, 0.3) is 0 Å². The van der Waals surface area contributed by atoms with Gasteiger partial charge in [-0.25, -0.2) is 4.39 Å². The second kappa shape index (κ2) is 5.86. The summed E-state index contributed by atoms with van der Waals surface area (Å²) in [6.45, 7) is 7.98. The van der Waals surface area contributed by atoms with Gasteiger partial charge in [0.05, 0.1) is 6.10 Å². The van der Waals surface area contributed by atoms with Gasteiger partial charge in [0.2, 0.25) is 0 Å². The fraction of sp³-hybridized carbons (Fsp3) is 0.333. The Labute approximate surface area is 125 Å². The largest absolute Gasteiger partial charge is 0.454 e. The summed E-state index contributed by atoms with van der Waals surface area (Å²) in [6.07, 6.45) is -0.787. The van der Waals surface area contributed by atoms with Crippen LogP contribution in [0.25, 0.3) is 0 Å². The van der Waals surface area contributed by atoms with Crippen molar-refractivity contribution in [3.63, 3.8) is 0 Å². The first-order valence-electron chi connectivity index (χ1n) is 7.04. The maximum Gasteiger partial charge on any atom is 0.168 e. The van der Waals surface area contributed by atoms with Gasteiger partial charge in [0, 0.05) is 5.56 Å². The van der Waals surface area contributed by atoms with Crippen LogP contribution in [0.15, 0.2) is 42.5 Å². The third-order valence-corrected chi connectivity index (χ3v) is 3.39. The Morgan fingerprint density at radius 2 is 1.67 bits per heavy atom. The fourth-order valence-corrected chi connectivity index (χ4v) is 2.10. The van der Waals surface area contributed by atoms with E-state index in [1.165, 1.54) is 11.6 Å². The number of rotatable bonds is 3. The highest BCUT2D eigenvalue weighted by Gasteiger charge is 2.16. The minimum Gasteiger partial charge on any atom is -0.454 e. The van der Waals surface area contributed by atoms with Crippen LogP contribution in [0.3, 0.4) is 0 Å². The summed E-state index contributed by atoms with van der Waals surface area (Å²) in [6, 6.07) is 12.1. The molecule has 0 aliphatic rings. The average Bonchev–Trinajstić information content (AvgIpc) is 2.40. The fourth-order valence-electron chi connectivity index (χ4n) is 2.10. The maximum atomic E-state index is 13.9. The molecule has 1 N–H and O–H groups in total. The van der Waals surface area contributed by atoms with Crippen molar-refractivity contribution in [2.24, 2.45) is 0 Å². The Morgan fingerprint density at radius 1 is 1.05 bits per heavy atom. The van der Waals surface area contributed by atoms with Crippen LogP contribution in [-0.2, 0) is 5.41 Å². The normalized spacial score (nSPS) is 13.0. The minimum absolute atomic E-state index is 0.0568. The predicted molar refractivity (Wildman–Crippen MR) is 82.2 cm³/mol. The van der Waals surface area contributed by atoms with E-state index in [1.54, 1.807) is 19.1 Å².